The Kier molecular flexibility index (Phi) is 4.22. The molecular weight excluding hydrogens is 200 g/mol. The Hall–Kier alpha value is -0.570. The van der Waals surface area contributed by atoms with E-state index in [4.69, 9.17) is 0 Å². The molecule has 0 radical (unpaired) electrons. The molecule has 2 rings (SSSR count). The standard InChI is InChI=1S/C13H24N2O/c1-2-5-12-6-3-4-9-15(12)13(16)10-14-11-7-8-11/h11-12,14H,2-10H2,1H3. The number of hydrogen-bond donors (Lipinski definition) is 1. The predicted octanol–water partition coefficient (Wildman–Crippen LogP) is 1.92. The summed E-state index contributed by atoms with van der Waals surface area (Å²) in [6.07, 6.45) is 8.57. The van der Waals surface area contributed by atoms with E-state index in [2.05, 4.69) is 17.1 Å². The predicted molar refractivity (Wildman–Crippen MR) is 65.3 cm³/mol. The van der Waals surface area contributed by atoms with Crippen LogP contribution in [0, 0.1) is 0 Å². The van der Waals surface area contributed by atoms with E-state index in [1.807, 2.05) is 0 Å². The molecule has 1 heterocycles. The van der Waals surface area contributed by atoms with Crippen LogP contribution in [0.4, 0.5) is 0 Å². The van der Waals surface area contributed by atoms with Crippen molar-refractivity contribution >= 4 is 5.91 Å². The largest absolute Gasteiger partial charge is 0.339 e. The molecule has 2 aliphatic rings. The summed E-state index contributed by atoms with van der Waals surface area (Å²) in [6, 6.07) is 1.16. The fourth-order valence-electron chi connectivity index (χ4n) is 2.58. The van der Waals surface area contributed by atoms with Gasteiger partial charge in [0.2, 0.25) is 5.91 Å². The van der Waals surface area contributed by atoms with Crippen molar-refractivity contribution in [3.05, 3.63) is 0 Å². The van der Waals surface area contributed by atoms with Crippen molar-refractivity contribution in [1.82, 2.24) is 10.2 Å². The minimum Gasteiger partial charge on any atom is -0.339 e. The molecule has 16 heavy (non-hydrogen) atoms. The summed E-state index contributed by atoms with van der Waals surface area (Å²) in [5.41, 5.74) is 0. The molecule has 92 valence electrons. The van der Waals surface area contributed by atoms with E-state index >= 15 is 0 Å². The van der Waals surface area contributed by atoms with Crippen molar-refractivity contribution in [2.45, 2.75) is 64.0 Å². The minimum atomic E-state index is 0.324. The first-order chi connectivity index (χ1) is 7.81. The van der Waals surface area contributed by atoms with Gasteiger partial charge in [-0.3, -0.25) is 4.79 Å². The monoisotopic (exact) mass is 224 g/mol. The lowest BCUT2D eigenvalue weighted by molar-refractivity contribution is -0.134. The molecular formula is C13H24N2O. The third kappa shape index (κ3) is 3.21. The zero-order chi connectivity index (χ0) is 11.4. The Morgan fingerprint density at radius 3 is 2.81 bits per heavy atom. The maximum atomic E-state index is 12.1. The van der Waals surface area contributed by atoms with Crippen LogP contribution in [0.1, 0.15) is 51.9 Å². The quantitative estimate of drug-likeness (QED) is 0.774. The molecule has 0 aromatic carbocycles. The van der Waals surface area contributed by atoms with Crippen LogP contribution in [0.3, 0.4) is 0 Å². The van der Waals surface area contributed by atoms with Gasteiger partial charge in [-0.25, -0.2) is 0 Å². The number of hydrogen-bond acceptors (Lipinski definition) is 2. The number of rotatable bonds is 5. The molecule has 0 aromatic heterocycles. The van der Waals surface area contributed by atoms with Crippen molar-refractivity contribution in [3.8, 4) is 0 Å². The Bertz CT molecular complexity index is 236. The third-order valence-corrected chi connectivity index (χ3v) is 3.69. The topological polar surface area (TPSA) is 32.3 Å². The summed E-state index contributed by atoms with van der Waals surface area (Å²) < 4.78 is 0. The zero-order valence-corrected chi connectivity index (χ0v) is 10.4. The summed E-state index contributed by atoms with van der Waals surface area (Å²) in [4.78, 5) is 14.2. The lowest BCUT2D eigenvalue weighted by atomic mass is 9.98. The van der Waals surface area contributed by atoms with E-state index in [-0.39, 0.29) is 0 Å². The highest BCUT2D eigenvalue weighted by atomic mass is 16.2. The molecule has 1 aliphatic heterocycles. The summed E-state index contributed by atoms with van der Waals surface area (Å²) in [5, 5.41) is 3.33. The Morgan fingerprint density at radius 1 is 1.31 bits per heavy atom. The number of amides is 1. The van der Waals surface area contributed by atoms with E-state index in [1.165, 1.54) is 44.9 Å². The molecule has 3 nitrogen and oxygen atoms in total. The first kappa shape index (κ1) is 11.9. The smallest absolute Gasteiger partial charge is 0.236 e. The van der Waals surface area contributed by atoms with Crippen molar-refractivity contribution in [2.24, 2.45) is 0 Å². The van der Waals surface area contributed by atoms with E-state index < -0.39 is 0 Å². The molecule has 0 aromatic rings. The van der Waals surface area contributed by atoms with Crippen LogP contribution in [0.2, 0.25) is 0 Å². The molecule has 0 bridgehead atoms. The molecule has 2 fully saturated rings. The summed E-state index contributed by atoms with van der Waals surface area (Å²) >= 11 is 0. The second kappa shape index (κ2) is 5.67. The van der Waals surface area contributed by atoms with Gasteiger partial charge in [0, 0.05) is 18.6 Å². The van der Waals surface area contributed by atoms with Crippen molar-refractivity contribution in [2.75, 3.05) is 13.1 Å². The molecule has 1 saturated heterocycles. The van der Waals surface area contributed by atoms with Crippen LogP contribution in [0.5, 0.6) is 0 Å². The Morgan fingerprint density at radius 2 is 2.12 bits per heavy atom. The number of carbonyl (C=O) groups excluding carboxylic acids is 1. The van der Waals surface area contributed by atoms with Crippen LogP contribution in [0.25, 0.3) is 0 Å². The normalized spacial score (nSPS) is 25.8. The van der Waals surface area contributed by atoms with Crippen molar-refractivity contribution in [3.63, 3.8) is 0 Å². The first-order valence-corrected chi connectivity index (χ1v) is 6.84. The highest BCUT2D eigenvalue weighted by Crippen LogP contribution is 2.22. The van der Waals surface area contributed by atoms with E-state index in [0.717, 1.165) is 6.54 Å². The third-order valence-electron chi connectivity index (χ3n) is 3.69. The summed E-state index contributed by atoms with van der Waals surface area (Å²) in [7, 11) is 0. The molecule has 1 unspecified atom stereocenters. The molecule has 1 amide bonds. The lowest BCUT2D eigenvalue weighted by Crippen LogP contribution is -2.47. The number of nitrogens with one attached hydrogen (secondary N) is 1. The van der Waals surface area contributed by atoms with Gasteiger partial charge in [0.05, 0.1) is 6.54 Å². The van der Waals surface area contributed by atoms with Crippen LogP contribution < -0.4 is 5.32 Å². The fourth-order valence-corrected chi connectivity index (χ4v) is 2.58. The summed E-state index contributed by atoms with van der Waals surface area (Å²) in [6.45, 7) is 3.75. The van der Waals surface area contributed by atoms with Crippen LogP contribution in [-0.2, 0) is 4.79 Å². The fraction of sp³-hybridized carbons (Fsp3) is 0.923. The van der Waals surface area contributed by atoms with E-state index in [1.54, 1.807) is 0 Å². The van der Waals surface area contributed by atoms with Crippen molar-refractivity contribution < 1.29 is 4.79 Å². The van der Waals surface area contributed by atoms with Crippen molar-refractivity contribution in [1.29, 1.82) is 0 Å². The number of nitrogens with zero attached hydrogens (tertiary/aromatic N) is 1. The Balaban J connectivity index is 1.80. The van der Waals surface area contributed by atoms with Gasteiger partial charge in [-0.2, -0.15) is 0 Å². The summed E-state index contributed by atoms with van der Waals surface area (Å²) in [5.74, 6) is 0.324. The maximum Gasteiger partial charge on any atom is 0.236 e. The highest BCUT2D eigenvalue weighted by Gasteiger charge is 2.27. The number of carbonyl (C=O) groups is 1. The molecule has 3 heteroatoms. The second-order valence-electron chi connectivity index (χ2n) is 5.18. The van der Waals surface area contributed by atoms with Gasteiger partial charge >= 0.3 is 0 Å². The van der Waals surface area contributed by atoms with Gasteiger partial charge in [-0.05, 0) is 38.5 Å². The van der Waals surface area contributed by atoms with Gasteiger partial charge in [0.25, 0.3) is 0 Å². The zero-order valence-electron chi connectivity index (χ0n) is 10.4. The molecule has 1 N–H and O–H groups in total. The maximum absolute atomic E-state index is 12.1. The van der Waals surface area contributed by atoms with Crippen LogP contribution >= 0.6 is 0 Å². The van der Waals surface area contributed by atoms with E-state index in [0.29, 0.717) is 24.5 Å². The second-order valence-corrected chi connectivity index (χ2v) is 5.18. The van der Waals surface area contributed by atoms with E-state index in [9.17, 15) is 4.79 Å². The molecule has 1 atom stereocenters. The van der Waals surface area contributed by atoms with Crippen LogP contribution in [0.15, 0.2) is 0 Å². The van der Waals surface area contributed by atoms with Gasteiger partial charge < -0.3 is 10.2 Å². The van der Waals surface area contributed by atoms with Gasteiger partial charge in [0.15, 0.2) is 0 Å². The minimum absolute atomic E-state index is 0.324. The van der Waals surface area contributed by atoms with Gasteiger partial charge in [-0.1, -0.05) is 13.3 Å². The van der Waals surface area contributed by atoms with Gasteiger partial charge in [-0.15, -0.1) is 0 Å². The van der Waals surface area contributed by atoms with Gasteiger partial charge in [0.1, 0.15) is 0 Å². The molecule has 1 aliphatic carbocycles. The first-order valence-electron chi connectivity index (χ1n) is 6.84. The lowest BCUT2D eigenvalue weighted by Gasteiger charge is -2.36. The SMILES string of the molecule is CCCC1CCCCN1C(=O)CNC1CC1. The number of likely N-dealkylation sites (tertiary alicyclic amines) is 1. The average Bonchev–Trinajstić information content (AvgIpc) is 3.11. The molecule has 0 spiro atoms. The average molecular weight is 224 g/mol. The Labute approximate surface area is 98.6 Å². The molecule has 1 saturated carbocycles. The highest BCUT2D eigenvalue weighted by molar-refractivity contribution is 5.78. The number of piperidine rings is 1. The van der Waals surface area contributed by atoms with Crippen LogP contribution in [-0.4, -0.2) is 36.0 Å².